The Labute approximate surface area is 140 Å². The van der Waals surface area contributed by atoms with Crippen molar-refractivity contribution in [1.82, 2.24) is 0 Å². The van der Waals surface area contributed by atoms with E-state index in [9.17, 15) is 9.59 Å². The number of allylic oxidation sites excluding steroid dienone is 1. The van der Waals surface area contributed by atoms with Crippen molar-refractivity contribution in [1.29, 1.82) is 0 Å². The van der Waals surface area contributed by atoms with E-state index in [1.165, 1.54) is 31.3 Å². The SMILES string of the molecule is CC(=O)[C@H]1CC[C@H]2[C@@H]3CCC4=CC(=O)C(C)C[C@@H]4[C@H]3CC[C@]12C. The van der Waals surface area contributed by atoms with Crippen LogP contribution in [0.4, 0.5) is 0 Å². The number of hydrogen-bond donors (Lipinski definition) is 0. The number of hydrogen-bond acceptors (Lipinski definition) is 2. The number of carbonyl (C=O) groups excluding carboxylic acids is 2. The highest BCUT2D eigenvalue weighted by atomic mass is 16.1. The number of Topliss-reactive ketones (excluding diaryl/α,β-unsaturated/α-hetero) is 1. The van der Waals surface area contributed by atoms with Gasteiger partial charge in [0.1, 0.15) is 5.78 Å². The van der Waals surface area contributed by atoms with E-state index in [4.69, 9.17) is 0 Å². The molecule has 0 aromatic carbocycles. The van der Waals surface area contributed by atoms with Crippen molar-refractivity contribution in [2.24, 2.45) is 40.9 Å². The summed E-state index contributed by atoms with van der Waals surface area (Å²) in [4.78, 5) is 24.2. The van der Waals surface area contributed by atoms with E-state index in [-0.39, 0.29) is 11.3 Å². The van der Waals surface area contributed by atoms with Crippen LogP contribution < -0.4 is 0 Å². The summed E-state index contributed by atoms with van der Waals surface area (Å²) in [6, 6.07) is 0. The molecule has 4 aliphatic rings. The predicted octanol–water partition coefficient (Wildman–Crippen LogP) is 4.58. The Hall–Kier alpha value is -0.920. The van der Waals surface area contributed by atoms with Crippen LogP contribution in [-0.4, -0.2) is 11.6 Å². The Bertz CT molecular complexity index is 574. The van der Waals surface area contributed by atoms with Gasteiger partial charge in [-0.05, 0) is 87.0 Å². The Balaban J connectivity index is 1.62. The molecule has 3 fully saturated rings. The Morgan fingerprint density at radius 1 is 1.17 bits per heavy atom. The van der Waals surface area contributed by atoms with Crippen molar-refractivity contribution in [2.45, 2.75) is 65.7 Å². The Morgan fingerprint density at radius 2 is 1.96 bits per heavy atom. The summed E-state index contributed by atoms with van der Waals surface area (Å²) in [7, 11) is 0. The molecule has 0 heterocycles. The van der Waals surface area contributed by atoms with Gasteiger partial charge in [-0.15, -0.1) is 0 Å². The van der Waals surface area contributed by atoms with E-state index in [0.29, 0.717) is 23.4 Å². The van der Waals surface area contributed by atoms with Crippen LogP contribution >= 0.6 is 0 Å². The van der Waals surface area contributed by atoms with E-state index in [1.54, 1.807) is 6.92 Å². The smallest absolute Gasteiger partial charge is 0.158 e. The summed E-state index contributed by atoms with van der Waals surface area (Å²) in [5.41, 5.74) is 1.71. The molecule has 2 heteroatoms. The normalized spacial score (nSPS) is 49.0. The summed E-state index contributed by atoms with van der Waals surface area (Å²) < 4.78 is 0. The summed E-state index contributed by atoms with van der Waals surface area (Å²) in [5, 5.41) is 0. The lowest BCUT2D eigenvalue weighted by Crippen LogP contribution is -2.47. The molecule has 0 N–H and O–H groups in total. The van der Waals surface area contributed by atoms with Gasteiger partial charge in [0.05, 0.1) is 0 Å². The predicted molar refractivity (Wildman–Crippen MR) is 90.8 cm³/mol. The van der Waals surface area contributed by atoms with E-state index >= 15 is 0 Å². The van der Waals surface area contributed by atoms with Gasteiger partial charge >= 0.3 is 0 Å². The van der Waals surface area contributed by atoms with Gasteiger partial charge in [0.15, 0.2) is 5.78 Å². The van der Waals surface area contributed by atoms with Crippen molar-refractivity contribution in [2.75, 3.05) is 0 Å². The van der Waals surface area contributed by atoms with Crippen molar-refractivity contribution >= 4 is 11.6 Å². The molecule has 0 radical (unpaired) electrons. The van der Waals surface area contributed by atoms with Crippen LogP contribution in [0, 0.1) is 40.9 Å². The fraction of sp³-hybridized carbons (Fsp3) is 0.810. The van der Waals surface area contributed by atoms with Crippen LogP contribution in [-0.2, 0) is 9.59 Å². The fourth-order valence-corrected chi connectivity index (χ4v) is 7.02. The second kappa shape index (κ2) is 5.29. The largest absolute Gasteiger partial charge is 0.300 e. The molecule has 0 saturated heterocycles. The summed E-state index contributed by atoms with van der Waals surface area (Å²) in [5.74, 6) is 4.25. The zero-order valence-electron chi connectivity index (χ0n) is 14.8. The number of rotatable bonds is 1. The molecule has 0 aliphatic heterocycles. The van der Waals surface area contributed by atoms with Gasteiger partial charge in [0.2, 0.25) is 0 Å². The maximum absolute atomic E-state index is 12.1. The molecule has 1 unspecified atom stereocenters. The summed E-state index contributed by atoms with van der Waals surface area (Å²) in [6.45, 7) is 6.32. The fourth-order valence-electron chi connectivity index (χ4n) is 7.02. The van der Waals surface area contributed by atoms with Crippen LogP contribution in [0.1, 0.15) is 65.7 Å². The minimum Gasteiger partial charge on any atom is -0.300 e. The van der Waals surface area contributed by atoms with Crippen molar-refractivity contribution in [3.63, 3.8) is 0 Å². The van der Waals surface area contributed by atoms with Crippen LogP contribution in [0.25, 0.3) is 0 Å². The molecule has 126 valence electrons. The average molecular weight is 314 g/mol. The first-order valence-electron chi connectivity index (χ1n) is 9.66. The molecule has 0 aromatic rings. The topological polar surface area (TPSA) is 34.1 Å². The molecule has 2 nitrogen and oxygen atoms in total. The highest BCUT2D eigenvalue weighted by molar-refractivity contribution is 5.93. The lowest BCUT2D eigenvalue weighted by atomic mass is 9.50. The zero-order valence-corrected chi connectivity index (χ0v) is 14.8. The second-order valence-corrected chi connectivity index (χ2v) is 9.12. The summed E-state index contributed by atoms with van der Waals surface area (Å²) >= 11 is 0. The Kier molecular flexibility index (Phi) is 3.59. The van der Waals surface area contributed by atoms with E-state index in [0.717, 1.165) is 37.0 Å². The summed E-state index contributed by atoms with van der Waals surface area (Å²) in [6.07, 6.45) is 10.3. The highest BCUT2D eigenvalue weighted by Crippen LogP contribution is 2.63. The maximum Gasteiger partial charge on any atom is 0.158 e. The minimum atomic E-state index is 0.212. The van der Waals surface area contributed by atoms with Crippen LogP contribution in [0.2, 0.25) is 0 Å². The van der Waals surface area contributed by atoms with Gasteiger partial charge in [0.25, 0.3) is 0 Å². The molecule has 7 atom stereocenters. The monoisotopic (exact) mass is 314 g/mol. The number of carbonyl (C=O) groups is 2. The van der Waals surface area contributed by atoms with Crippen molar-refractivity contribution in [3.05, 3.63) is 11.6 Å². The van der Waals surface area contributed by atoms with Crippen LogP contribution in [0.3, 0.4) is 0 Å². The van der Waals surface area contributed by atoms with Crippen molar-refractivity contribution in [3.8, 4) is 0 Å². The van der Waals surface area contributed by atoms with E-state index in [2.05, 4.69) is 13.8 Å². The Morgan fingerprint density at radius 3 is 2.70 bits per heavy atom. The second-order valence-electron chi connectivity index (χ2n) is 9.12. The van der Waals surface area contributed by atoms with Gasteiger partial charge < -0.3 is 0 Å². The third-order valence-corrected chi connectivity index (χ3v) is 8.16. The van der Waals surface area contributed by atoms with Crippen molar-refractivity contribution < 1.29 is 9.59 Å². The lowest BCUT2D eigenvalue weighted by Gasteiger charge is -2.54. The minimum absolute atomic E-state index is 0.212. The van der Waals surface area contributed by atoms with Crippen LogP contribution in [0.5, 0.6) is 0 Å². The van der Waals surface area contributed by atoms with Gasteiger partial charge in [-0.25, -0.2) is 0 Å². The van der Waals surface area contributed by atoms with Gasteiger partial charge in [0, 0.05) is 11.8 Å². The molecule has 3 saturated carbocycles. The maximum atomic E-state index is 12.1. The molecule has 4 rings (SSSR count). The first kappa shape index (κ1) is 15.6. The molecular formula is C21H30O2. The first-order valence-corrected chi connectivity index (χ1v) is 9.66. The van der Waals surface area contributed by atoms with Gasteiger partial charge in [-0.2, -0.15) is 0 Å². The average Bonchev–Trinajstić information content (AvgIpc) is 2.86. The first-order chi connectivity index (χ1) is 10.9. The molecule has 0 amide bonds. The molecule has 4 aliphatic carbocycles. The molecule has 0 spiro atoms. The third kappa shape index (κ3) is 2.20. The van der Waals surface area contributed by atoms with Crippen LogP contribution in [0.15, 0.2) is 11.6 Å². The molecular weight excluding hydrogens is 284 g/mol. The van der Waals surface area contributed by atoms with Gasteiger partial charge in [-0.1, -0.05) is 19.4 Å². The van der Waals surface area contributed by atoms with Gasteiger partial charge in [-0.3, -0.25) is 9.59 Å². The standard InChI is InChI=1S/C21H30O2/c1-12-10-17-14(11-20(12)23)4-5-16-15(17)8-9-21(3)18(13(2)22)6-7-19(16)21/h11-12,15-19H,4-10H2,1-3H3/t12?,15-,16+,17-,18+,19-,21+/m0/s1. The van der Waals surface area contributed by atoms with E-state index < -0.39 is 0 Å². The zero-order chi connectivity index (χ0) is 16.4. The van der Waals surface area contributed by atoms with E-state index in [1.807, 2.05) is 6.08 Å². The molecule has 0 bridgehead atoms. The lowest BCUT2D eigenvalue weighted by molar-refractivity contribution is -0.127. The number of ketones is 2. The third-order valence-electron chi connectivity index (χ3n) is 8.16. The number of fused-ring (bicyclic) bond motifs is 5. The molecule has 0 aromatic heterocycles. The molecule has 23 heavy (non-hydrogen) atoms. The highest BCUT2D eigenvalue weighted by Gasteiger charge is 2.57. The quantitative estimate of drug-likeness (QED) is 0.710.